The average molecular weight is 190 g/mol. The van der Waals surface area contributed by atoms with Gasteiger partial charge < -0.3 is 18.9 Å². The van der Waals surface area contributed by atoms with Crippen molar-refractivity contribution in [3.05, 3.63) is 0 Å². The number of ether oxygens (including phenoxy) is 4. The molecule has 0 spiro atoms. The first-order chi connectivity index (χ1) is 6.36. The molecule has 1 aliphatic heterocycles. The summed E-state index contributed by atoms with van der Waals surface area (Å²) in [5, 5.41) is 0. The van der Waals surface area contributed by atoms with Gasteiger partial charge in [0.1, 0.15) is 0 Å². The second-order valence-electron chi connectivity index (χ2n) is 3.13. The maximum Gasteiger partial charge on any atom is 0.0835 e. The molecule has 1 fully saturated rings. The Labute approximate surface area is 79.1 Å². The molecule has 0 aromatic rings. The zero-order chi connectivity index (χ0) is 9.52. The molecule has 0 bridgehead atoms. The lowest BCUT2D eigenvalue weighted by atomic mass is 10.2. The Bertz CT molecular complexity index is 129. The normalized spacial score (nSPS) is 28.2. The van der Waals surface area contributed by atoms with E-state index in [1.54, 1.807) is 14.2 Å². The number of hydrogen-bond donors (Lipinski definition) is 0. The highest BCUT2D eigenvalue weighted by Crippen LogP contribution is 2.16. The van der Waals surface area contributed by atoms with E-state index in [4.69, 9.17) is 18.9 Å². The van der Waals surface area contributed by atoms with Gasteiger partial charge in [-0.15, -0.1) is 0 Å². The third-order valence-electron chi connectivity index (χ3n) is 2.04. The van der Waals surface area contributed by atoms with Gasteiger partial charge in [-0.2, -0.15) is 0 Å². The molecule has 4 nitrogen and oxygen atoms in total. The van der Waals surface area contributed by atoms with Crippen LogP contribution in [0.25, 0.3) is 0 Å². The van der Waals surface area contributed by atoms with Gasteiger partial charge >= 0.3 is 0 Å². The van der Waals surface area contributed by atoms with Crippen LogP contribution < -0.4 is 0 Å². The third kappa shape index (κ3) is 4.04. The van der Waals surface area contributed by atoms with Crippen molar-refractivity contribution in [3.8, 4) is 0 Å². The zero-order valence-corrected chi connectivity index (χ0v) is 8.32. The minimum atomic E-state index is 0.206. The quantitative estimate of drug-likeness (QED) is 0.570. The molecule has 4 heteroatoms. The first-order valence-electron chi connectivity index (χ1n) is 4.58. The zero-order valence-electron chi connectivity index (χ0n) is 8.32. The Morgan fingerprint density at radius 3 is 2.77 bits per heavy atom. The van der Waals surface area contributed by atoms with E-state index in [0.717, 1.165) is 6.42 Å². The van der Waals surface area contributed by atoms with Gasteiger partial charge in [0.2, 0.25) is 0 Å². The Hall–Kier alpha value is -0.160. The fourth-order valence-electron chi connectivity index (χ4n) is 1.39. The summed E-state index contributed by atoms with van der Waals surface area (Å²) in [6, 6.07) is 0. The van der Waals surface area contributed by atoms with Crippen molar-refractivity contribution in [1.82, 2.24) is 0 Å². The highest BCUT2D eigenvalue weighted by Gasteiger charge is 2.25. The van der Waals surface area contributed by atoms with Gasteiger partial charge in [-0.25, -0.2) is 0 Å². The second kappa shape index (κ2) is 6.32. The molecule has 0 N–H and O–H groups in total. The second-order valence-corrected chi connectivity index (χ2v) is 3.13. The first-order valence-corrected chi connectivity index (χ1v) is 4.58. The monoisotopic (exact) mass is 190 g/mol. The predicted octanol–water partition coefficient (Wildman–Crippen LogP) is 0.453. The van der Waals surface area contributed by atoms with E-state index in [0.29, 0.717) is 26.4 Å². The molecule has 1 saturated heterocycles. The van der Waals surface area contributed by atoms with Crippen LogP contribution in [0.15, 0.2) is 0 Å². The van der Waals surface area contributed by atoms with E-state index in [1.165, 1.54) is 0 Å². The smallest absolute Gasteiger partial charge is 0.0835 e. The maximum absolute atomic E-state index is 5.51. The molecule has 0 aliphatic carbocycles. The summed E-state index contributed by atoms with van der Waals surface area (Å²) in [5.41, 5.74) is 0. The predicted molar refractivity (Wildman–Crippen MR) is 47.8 cm³/mol. The number of hydrogen-bond acceptors (Lipinski definition) is 4. The molecular weight excluding hydrogens is 172 g/mol. The fourth-order valence-corrected chi connectivity index (χ4v) is 1.39. The topological polar surface area (TPSA) is 36.9 Å². The Kier molecular flexibility index (Phi) is 5.31. The van der Waals surface area contributed by atoms with E-state index < -0.39 is 0 Å². The van der Waals surface area contributed by atoms with E-state index in [9.17, 15) is 0 Å². The van der Waals surface area contributed by atoms with Crippen LogP contribution in [0.3, 0.4) is 0 Å². The minimum absolute atomic E-state index is 0.206. The molecule has 2 unspecified atom stereocenters. The van der Waals surface area contributed by atoms with Crippen LogP contribution in [0, 0.1) is 0 Å². The van der Waals surface area contributed by atoms with Gasteiger partial charge in [0, 0.05) is 20.6 Å². The van der Waals surface area contributed by atoms with E-state index in [2.05, 4.69) is 0 Å². The summed E-state index contributed by atoms with van der Waals surface area (Å²) < 4.78 is 20.8. The molecule has 0 amide bonds. The van der Waals surface area contributed by atoms with E-state index in [-0.39, 0.29) is 12.2 Å². The first kappa shape index (κ1) is 10.9. The van der Waals surface area contributed by atoms with Gasteiger partial charge in [0.25, 0.3) is 0 Å². The van der Waals surface area contributed by atoms with Crippen molar-refractivity contribution in [1.29, 1.82) is 0 Å². The Morgan fingerprint density at radius 1 is 1.23 bits per heavy atom. The SMILES string of the molecule is COCCOC1COC(COC)C1. The largest absolute Gasteiger partial charge is 0.382 e. The lowest BCUT2D eigenvalue weighted by Crippen LogP contribution is -2.17. The summed E-state index contributed by atoms with van der Waals surface area (Å²) in [7, 11) is 3.35. The molecule has 1 rings (SSSR count). The number of rotatable bonds is 6. The van der Waals surface area contributed by atoms with Gasteiger partial charge in [0.15, 0.2) is 0 Å². The molecule has 1 heterocycles. The van der Waals surface area contributed by atoms with Crippen molar-refractivity contribution in [3.63, 3.8) is 0 Å². The van der Waals surface area contributed by atoms with Crippen molar-refractivity contribution in [2.75, 3.05) is 40.6 Å². The van der Waals surface area contributed by atoms with Crippen LogP contribution in [-0.4, -0.2) is 52.9 Å². The van der Waals surface area contributed by atoms with Crippen molar-refractivity contribution in [2.24, 2.45) is 0 Å². The standard InChI is InChI=1S/C9H18O4/c1-10-3-4-12-9-5-8(6-11-2)13-7-9/h8-9H,3-7H2,1-2H3. The van der Waals surface area contributed by atoms with Crippen molar-refractivity contribution < 1.29 is 18.9 Å². The van der Waals surface area contributed by atoms with Crippen LogP contribution in [0.5, 0.6) is 0 Å². The molecule has 13 heavy (non-hydrogen) atoms. The fraction of sp³-hybridized carbons (Fsp3) is 1.00. The van der Waals surface area contributed by atoms with Crippen molar-refractivity contribution in [2.45, 2.75) is 18.6 Å². The molecule has 1 aliphatic rings. The lowest BCUT2D eigenvalue weighted by molar-refractivity contribution is 0.00541. The summed E-state index contributed by atoms with van der Waals surface area (Å²) in [6.07, 6.45) is 1.35. The van der Waals surface area contributed by atoms with E-state index >= 15 is 0 Å². The van der Waals surface area contributed by atoms with Crippen LogP contribution in [0.4, 0.5) is 0 Å². The molecule has 2 atom stereocenters. The molecular formula is C9H18O4. The van der Waals surface area contributed by atoms with E-state index in [1.807, 2.05) is 0 Å². The van der Waals surface area contributed by atoms with Crippen LogP contribution in [-0.2, 0) is 18.9 Å². The minimum Gasteiger partial charge on any atom is -0.382 e. The lowest BCUT2D eigenvalue weighted by Gasteiger charge is -2.09. The van der Waals surface area contributed by atoms with Gasteiger partial charge in [-0.3, -0.25) is 0 Å². The van der Waals surface area contributed by atoms with Gasteiger partial charge in [0.05, 0.1) is 38.6 Å². The number of methoxy groups -OCH3 is 2. The molecule has 0 aromatic carbocycles. The summed E-state index contributed by atoms with van der Waals surface area (Å²) in [5.74, 6) is 0. The summed E-state index contributed by atoms with van der Waals surface area (Å²) in [6.45, 7) is 2.62. The summed E-state index contributed by atoms with van der Waals surface area (Å²) in [4.78, 5) is 0. The molecule has 0 radical (unpaired) electrons. The highest BCUT2D eigenvalue weighted by molar-refractivity contribution is 4.73. The third-order valence-corrected chi connectivity index (χ3v) is 2.04. The Morgan fingerprint density at radius 2 is 2.08 bits per heavy atom. The molecule has 78 valence electrons. The van der Waals surface area contributed by atoms with Gasteiger partial charge in [-0.05, 0) is 0 Å². The van der Waals surface area contributed by atoms with Crippen LogP contribution in [0.2, 0.25) is 0 Å². The van der Waals surface area contributed by atoms with Crippen molar-refractivity contribution >= 4 is 0 Å². The highest BCUT2D eigenvalue weighted by atomic mass is 16.6. The maximum atomic E-state index is 5.51. The van der Waals surface area contributed by atoms with Crippen LogP contribution >= 0.6 is 0 Å². The van der Waals surface area contributed by atoms with Gasteiger partial charge in [-0.1, -0.05) is 0 Å². The molecule has 0 aromatic heterocycles. The van der Waals surface area contributed by atoms with Crippen LogP contribution in [0.1, 0.15) is 6.42 Å². The Balaban J connectivity index is 2.03. The molecule has 0 saturated carbocycles. The average Bonchev–Trinajstić information content (AvgIpc) is 2.54. The summed E-state index contributed by atoms with van der Waals surface area (Å²) >= 11 is 0.